The highest BCUT2D eigenvalue weighted by atomic mass is 35.5. The SMILES string of the molecule is C=C(OC1CC2=CCC(OC)=C(OCCCCl)C=C2NC=N1)C(=C)C(Cl)C(=CC)N(C)C(=O)Nc1cc(C)cc(C)c1F. The van der Waals surface area contributed by atoms with Crippen molar-refractivity contribution in [2.45, 2.75) is 51.6 Å². The summed E-state index contributed by atoms with van der Waals surface area (Å²) in [5.41, 5.74) is 3.89. The van der Waals surface area contributed by atoms with Crippen LogP contribution < -0.4 is 10.6 Å². The summed E-state index contributed by atoms with van der Waals surface area (Å²) in [6.07, 6.45) is 8.20. The van der Waals surface area contributed by atoms with Crippen molar-refractivity contribution in [3.8, 4) is 0 Å². The summed E-state index contributed by atoms with van der Waals surface area (Å²) in [7, 11) is 3.15. The number of methoxy groups -OCH3 is 1. The molecule has 1 aliphatic carbocycles. The highest BCUT2D eigenvalue weighted by Gasteiger charge is 2.27. The Morgan fingerprint density at radius 2 is 2.09 bits per heavy atom. The highest BCUT2D eigenvalue weighted by molar-refractivity contribution is 6.24. The molecule has 1 heterocycles. The molecule has 0 fully saturated rings. The van der Waals surface area contributed by atoms with Gasteiger partial charge >= 0.3 is 6.03 Å². The maximum atomic E-state index is 14.6. The summed E-state index contributed by atoms with van der Waals surface area (Å²) in [6, 6.07) is 2.72. The molecule has 0 aromatic heterocycles. The van der Waals surface area contributed by atoms with Gasteiger partial charge in [-0.1, -0.05) is 31.4 Å². The smallest absolute Gasteiger partial charge is 0.325 e. The molecule has 2 unspecified atom stereocenters. The lowest BCUT2D eigenvalue weighted by Crippen LogP contribution is -2.35. The molecule has 0 radical (unpaired) electrons. The largest absolute Gasteiger partial charge is 0.497 e. The van der Waals surface area contributed by atoms with Crippen molar-refractivity contribution in [2.24, 2.45) is 4.99 Å². The average molecular weight is 634 g/mol. The predicted molar refractivity (Wildman–Crippen MR) is 172 cm³/mol. The number of nitrogens with zero attached hydrogens (tertiary/aromatic N) is 2. The monoisotopic (exact) mass is 632 g/mol. The van der Waals surface area contributed by atoms with Crippen LogP contribution in [0.4, 0.5) is 14.9 Å². The normalized spacial score (nSPS) is 17.3. The quantitative estimate of drug-likeness (QED) is 0.107. The fourth-order valence-electron chi connectivity index (χ4n) is 4.53. The molecular formula is C32H39Cl2FN4O4. The second-order valence-electron chi connectivity index (χ2n) is 10.0. The van der Waals surface area contributed by atoms with Gasteiger partial charge in [0.2, 0.25) is 0 Å². The minimum Gasteiger partial charge on any atom is -0.497 e. The van der Waals surface area contributed by atoms with Gasteiger partial charge in [-0.2, -0.15) is 0 Å². The van der Waals surface area contributed by atoms with E-state index in [1.165, 1.54) is 4.90 Å². The zero-order valence-electron chi connectivity index (χ0n) is 25.2. The number of fused-ring (bicyclic) bond motifs is 1. The third-order valence-electron chi connectivity index (χ3n) is 6.90. The molecule has 3 rings (SSSR count). The standard InChI is InChI=1S/C32H39Cl2FN4O4/c1-8-26(39(6)32(40)38-25-15-19(2)14-20(3)31(25)35)30(34)21(4)22(5)43-29-16-23-10-11-27(41-7)28(42-13-9-12-33)17-24(23)36-18-37-29/h8,10,14-15,17-18,29-30H,4-5,9,11-13,16H2,1-3,6-7H3,(H,36,37)(H,38,40). The first-order valence-electron chi connectivity index (χ1n) is 13.8. The fraction of sp³-hybridized carbons (Fsp3) is 0.375. The summed E-state index contributed by atoms with van der Waals surface area (Å²) in [6.45, 7) is 13.8. The first-order chi connectivity index (χ1) is 20.5. The molecule has 2 amide bonds. The molecule has 11 heteroatoms. The topological polar surface area (TPSA) is 84.4 Å². The predicted octanol–water partition coefficient (Wildman–Crippen LogP) is 7.57. The number of anilines is 1. The number of alkyl halides is 2. The first kappa shape index (κ1) is 33.8. The van der Waals surface area contributed by atoms with Gasteiger partial charge in [0.1, 0.15) is 22.7 Å². The molecule has 1 aromatic rings. The van der Waals surface area contributed by atoms with Gasteiger partial charge in [0, 0.05) is 48.8 Å². The van der Waals surface area contributed by atoms with Gasteiger partial charge in [0.05, 0.1) is 25.7 Å². The third-order valence-corrected chi connectivity index (χ3v) is 7.65. The van der Waals surface area contributed by atoms with Gasteiger partial charge in [-0.3, -0.25) is 4.90 Å². The fourth-order valence-corrected chi connectivity index (χ4v) is 5.03. The van der Waals surface area contributed by atoms with E-state index in [0.717, 1.165) is 16.8 Å². The zero-order chi connectivity index (χ0) is 31.7. The molecule has 2 aliphatic rings. The number of amides is 2. The van der Waals surface area contributed by atoms with Gasteiger partial charge in [-0.25, -0.2) is 14.2 Å². The van der Waals surface area contributed by atoms with E-state index in [9.17, 15) is 9.18 Å². The molecule has 232 valence electrons. The van der Waals surface area contributed by atoms with E-state index < -0.39 is 23.5 Å². The van der Waals surface area contributed by atoms with Gasteiger partial charge in [0.25, 0.3) is 0 Å². The maximum absolute atomic E-state index is 14.6. The second kappa shape index (κ2) is 15.7. The van der Waals surface area contributed by atoms with Crippen molar-refractivity contribution in [2.75, 3.05) is 32.0 Å². The van der Waals surface area contributed by atoms with Crippen LogP contribution in [0.3, 0.4) is 0 Å². The number of aryl methyl sites for hydroxylation is 2. The molecule has 0 spiro atoms. The zero-order valence-corrected chi connectivity index (χ0v) is 26.7. The molecule has 1 aromatic carbocycles. The minimum atomic E-state index is -0.862. The van der Waals surface area contributed by atoms with Crippen molar-refractivity contribution in [1.82, 2.24) is 10.2 Å². The number of ether oxygens (including phenoxy) is 3. The Bertz CT molecular complexity index is 1400. The Labute approximate surface area is 263 Å². The summed E-state index contributed by atoms with van der Waals surface area (Å²) < 4.78 is 32.2. The van der Waals surface area contributed by atoms with Crippen LogP contribution in [0.15, 0.2) is 88.3 Å². The molecule has 0 saturated heterocycles. The summed E-state index contributed by atoms with van der Waals surface area (Å²) >= 11 is 12.6. The van der Waals surface area contributed by atoms with E-state index >= 15 is 0 Å². The van der Waals surface area contributed by atoms with E-state index in [-0.39, 0.29) is 11.4 Å². The Morgan fingerprint density at radius 1 is 1.35 bits per heavy atom. The van der Waals surface area contributed by atoms with Crippen molar-refractivity contribution in [3.05, 3.63) is 100 Å². The first-order valence-corrected chi connectivity index (χ1v) is 14.8. The van der Waals surface area contributed by atoms with E-state index in [4.69, 9.17) is 37.4 Å². The van der Waals surface area contributed by atoms with Crippen LogP contribution in [0, 0.1) is 19.7 Å². The molecular weight excluding hydrogens is 594 g/mol. The van der Waals surface area contributed by atoms with E-state index in [1.807, 2.05) is 19.1 Å². The van der Waals surface area contributed by atoms with Crippen LogP contribution in [0.5, 0.6) is 0 Å². The lowest BCUT2D eigenvalue weighted by atomic mass is 10.1. The van der Waals surface area contributed by atoms with Gasteiger partial charge in [0.15, 0.2) is 12.0 Å². The number of aliphatic imine (C=N–C) groups is 1. The number of rotatable bonds is 12. The lowest BCUT2D eigenvalue weighted by Gasteiger charge is -2.27. The number of allylic oxidation sites excluding steroid dienone is 6. The Hall–Kier alpha value is -3.69. The van der Waals surface area contributed by atoms with Gasteiger partial charge < -0.3 is 24.8 Å². The molecule has 8 nitrogen and oxygen atoms in total. The van der Waals surface area contributed by atoms with E-state index in [1.54, 1.807) is 52.6 Å². The Kier molecular flexibility index (Phi) is 12.3. The highest BCUT2D eigenvalue weighted by Crippen LogP contribution is 2.31. The number of carbonyl (C=O) groups excluding carboxylic acids is 1. The van der Waals surface area contributed by atoms with Crippen LogP contribution >= 0.6 is 23.2 Å². The molecule has 0 saturated carbocycles. The van der Waals surface area contributed by atoms with E-state index in [0.29, 0.717) is 60.1 Å². The Balaban J connectivity index is 1.67. The van der Waals surface area contributed by atoms with Crippen LogP contribution in [-0.4, -0.2) is 55.5 Å². The number of hydrogen-bond donors (Lipinski definition) is 2. The second-order valence-corrected chi connectivity index (χ2v) is 10.8. The minimum absolute atomic E-state index is 0.0883. The van der Waals surface area contributed by atoms with E-state index in [2.05, 4.69) is 28.8 Å². The molecule has 2 N–H and O–H groups in total. The number of halogens is 3. The number of urea groups is 1. The number of hydrogen-bond acceptors (Lipinski definition) is 6. The van der Waals surface area contributed by atoms with Crippen molar-refractivity contribution in [3.63, 3.8) is 0 Å². The van der Waals surface area contributed by atoms with Crippen LogP contribution in [0.2, 0.25) is 0 Å². The number of benzene rings is 1. The summed E-state index contributed by atoms with van der Waals surface area (Å²) in [5.74, 6) is 1.56. The molecule has 2 atom stereocenters. The summed E-state index contributed by atoms with van der Waals surface area (Å²) in [4.78, 5) is 18.8. The van der Waals surface area contributed by atoms with Gasteiger partial charge in [-0.15, -0.1) is 23.2 Å². The third kappa shape index (κ3) is 8.67. The lowest BCUT2D eigenvalue weighted by molar-refractivity contribution is 0.132. The summed E-state index contributed by atoms with van der Waals surface area (Å²) in [5, 5.41) is 4.95. The number of nitrogens with one attached hydrogen (secondary N) is 2. The van der Waals surface area contributed by atoms with Crippen LogP contribution in [-0.2, 0) is 14.2 Å². The van der Waals surface area contributed by atoms with Crippen LogP contribution in [0.25, 0.3) is 0 Å². The molecule has 43 heavy (non-hydrogen) atoms. The van der Waals surface area contributed by atoms with Gasteiger partial charge in [-0.05, 0) is 50.0 Å². The number of carbonyl (C=O) groups is 1. The molecule has 1 aliphatic heterocycles. The maximum Gasteiger partial charge on any atom is 0.325 e. The van der Waals surface area contributed by atoms with Crippen molar-refractivity contribution in [1.29, 1.82) is 0 Å². The Morgan fingerprint density at radius 3 is 2.77 bits per heavy atom. The van der Waals surface area contributed by atoms with Crippen molar-refractivity contribution < 1.29 is 23.4 Å². The average Bonchev–Trinajstić information content (AvgIpc) is 3.26. The van der Waals surface area contributed by atoms with Crippen LogP contribution in [0.1, 0.15) is 37.3 Å². The van der Waals surface area contributed by atoms with Crippen molar-refractivity contribution >= 4 is 41.3 Å². The molecule has 0 bridgehead atoms.